The summed E-state index contributed by atoms with van der Waals surface area (Å²) in [6.07, 6.45) is 1.44. The molecule has 0 aliphatic rings. The molecule has 0 saturated heterocycles. The Morgan fingerprint density at radius 3 is 2.39 bits per heavy atom. The third kappa shape index (κ3) is 2.81. The van der Waals surface area contributed by atoms with Gasteiger partial charge in [0.25, 0.3) is 0 Å². The summed E-state index contributed by atoms with van der Waals surface area (Å²) in [5.74, 6) is -1.14. The van der Waals surface area contributed by atoms with Crippen molar-refractivity contribution >= 4 is 0 Å². The first kappa shape index (κ1) is 12.4. The number of hydrogen-bond donors (Lipinski definition) is 1. The number of rotatable bonds is 3. The van der Waals surface area contributed by atoms with Crippen LogP contribution in [0.25, 0.3) is 0 Å². The molecule has 0 bridgehead atoms. The number of hydrogen-bond acceptors (Lipinski definition) is 3. The fraction of sp³-hybridized carbons (Fsp3) is 0.154. The number of aliphatic hydroxyl groups is 1. The van der Waals surface area contributed by atoms with E-state index in [1.54, 1.807) is 13.0 Å². The predicted molar refractivity (Wildman–Crippen MR) is 61.3 cm³/mol. The molecule has 0 fully saturated rings. The average molecular weight is 251 g/mol. The van der Waals surface area contributed by atoms with Gasteiger partial charge in [-0.2, -0.15) is 0 Å². The van der Waals surface area contributed by atoms with Gasteiger partial charge in [-0.3, -0.25) is 0 Å². The highest BCUT2D eigenvalue weighted by Crippen LogP contribution is 2.24. The lowest BCUT2D eigenvalue weighted by molar-refractivity contribution is 0.281. The fourth-order valence-corrected chi connectivity index (χ4v) is 1.51. The van der Waals surface area contributed by atoms with E-state index in [0.29, 0.717) is 11.1 Å². The lowest BCUT2D eigenvalue weighted by atomic mass is 10.2. The van der Waals surface area contributed by atoms with Crippen molar-refractivity contribution in [1.29, 1.82) is 0 Å². The summed E-state index contributed by atoms with van der Waals surface area (Å²) in [4.78, 5) is 3.98. The summed E-state index contributed by atoms with van der Waals surface area (Å²) in [6.45, 7) is 1.61. The van der Waals surface area contributed by atoms with E-state index >= 15 is 0 Å². The summed E-state index contributed by atoms with van der Waals surface area (Å²) in [7, 11) is 0. The van der Waals surface area contributed by atoms with Crippen molar-refractivity contribution in [2.24, 2.45) is 0 Å². The molecular weight excluding hydrogens is 240 g/mol. The number of nitrogens with zero attached hydrogens (tertiary/aromatic N) is 1. The molecule has 1 heterocycles. The molecule has 0 amide bonds. The van der Waals surface area contributed by atoms with Crippen LogP contribution < -0.4 is 4.74 Å². The zero-order chi connectivity index (χ0) is 13.1. The Morgan fingerprint density at radius 1 is 1.17 bits per heavy atom. The van der Waals surface area contributed by atoms with Crippen LogP contribution in [0.2, 0.25) is 0 Å². The summed E-state index contributed by atoms with van der Waals surface area (Å²) in [5.41, 5.74) is 1.32. The van der Waals surface area contributed by atoms with Gasteiger partial charge >= 0.3 is 0 Å². The Balaban J connectivity index is 2.28. The van der Waals surface area contributed by atoms with E-state index in [9.17, 15) is 8.78 Å². The molecule has 1 N–H and O–H groups in total. The molecule has 2 aromatic rings. The Morgan fingerprint density at radius 2 is 1.83 bits per heavy atom. The van der Waals surface area contributed by atoms with E-state index in [2.05, 4.69) is 4.98 Å². The van der Waals surface area contributed by atoms with Crippen LogP contribution in [-0.4, -0.2) is 10.1 Å². The monoisotopic (exact) mass is 251 g/mol. The second-order valence-electron chi connectivity index (χ2n) is 3.83. The van der Waals surface area contributed by atoms with E-state index in [1.165, 1.54) is 6.20 Å². The smallest absolute Gasteiger partial charge is 0.222 e. The van der Waals surface area contributed by atoms with E-state index < -0.39 is 11.6 Å². The normalized spacial score (nSPS) is 10.4. The minimum absolute atomic E-state index is 0.0415. The van der Waals surface area contributed by atoms with Gasteiger partial charge in [0.2, 0.25) is 5.88 Å². The van der Waals surface area contributed by atoms with Crippen LogP contribution in [0.1, 0.15) is 11.1 Å². The molecule has 0 radical (unpaired) electrons. The average Bonchev–Trinajstić information content (AvgIpc) is 2.30. The van der Waals surface area contributed by atoms with Crippen LogP contribution in [0.4, 0.5) is 8.78 Å². The Labute approximate surface area is 103 Å². The molecule has 0 aliphatic carbocycles. The number of halogens is 2. The van der Waals surface area contributed by atoms with Crippen LogP contribution in [-0.2, 0) is 6.61 Å². The molecule has 5 heteroatoms. The minimum Gasteiger partial charge on any atom is -0.439 e. The van der Waals surface area contributed by atoms with Crippen LogP contribution >= 0.6 is 0 Å². The summed E-state index contributed by atoms with van der Waals surface area (Å²) >= 11 is 0. The van der Waals surface area contributed by atoms with Gasteiger partial charge in [-0.15, -0.1) is 0 Å². The van der Waals surface area contributed by atoms with Crippen molar-refractivity contribution in [2.45, 2.75) is 13.5 Å². The lowest BCUT2D eigenvalue weighted by Crippen LogP contribution is -1.95. The first-order valence-corrected chi connectivity index (χ1v) is 5.29. The second-order valence-corrected chi connectivity index (χ2v) is 3.83. The first-order chi connectivity index (χ1) is 8.58. The molecular formula is C13H11F2NO2. The molecule has 18 heavy (non-hydrogen) atoms. The van der Waals surface area contributed by atoms with Crippen LogP contribution in [0, 0.1) is 18.6 Å². The van der Waals surface area contributed by atoms with Crippen LogP contribution in [0.3, 0.4) is 0 Å². The minimum atomic E-state index is -0.713. The SMILES string of the molecule is Cc1cc(CO)cnc1Oc1cc(F)cc(F)c1. The molecule has 2 rings (SSSR count). The molecule has 0 aliphatic heterocycles. The highest BCUT2D eigenvalue weighted by Gasteiger charge is 2.07. The quantitative estimate of drug-likeness (QED) is 0.911. The Bertz CT molecular complexity index is 553. The third-order valence-corrected chi connectivity index (χ3v) is 2.32. The predicted octanol–water partition coefficient (Wildman–Crippen LogP) is 2.95. The van der Waals surface area contributed by atoms with Crippen molar-refractivity contribution < 1.29 is 18.6 Å². The van der Waals surface area contributed by atoms with E-state index in [-0.39, 0.29) is 18.2 Å². The number of aliphatic hydroxyl groups excluding tert-OH is 1. The van der Waals surface area contributed by atoms with Crippen molar-refractivity contribution in [1.82, 2.24) is 4.98 Å². The number of benzene rings is 1. The summed E-state index contributed by atoms with van der Waals surface area (Å²) in [6, 6.07) is 4.61. The van der Waals surface area contributed by atoms with E-state index in [0.717, 1.165) is 18.2 Å². The topological polar surface area (TPSA) is 42.4 Å². The van der Waals surface area contributed by atoms with Gasteiger partial charge in [-0.1, -0.05) is 0 Å². The van der Waals surface area contributed by atoms with Crippen molar-refractivity contribution in [3.63, 3.8) is 0 Å². The highest BCUT2D eigenvalue weighted by atomic mass is 19.1. The molecule has 0 spiro atoms. The lowest BCUT2D eigenvalue weighted by Gasteiger charge is -2.08. The maximum Gasteiger partial charge on any atom is 0.222 e. The summed E-state index contributed by atoms with van der Waals surface area (Å²) in [5, 5.41) is 8.94. The van der Waals surface area contributed by atoms with Crippen molar-refractivity contribution in [3.8, 4) is 11.6 Å². The van der Waals surface area contributed by atoms with E-state index in [4.69, 9.17) is 9.84 Å². The fourth-order valence-electron chi connectivity index (χ4n) is 1.51. The Hall–Kier alpha value is -2.01. The number of aromatic nitrogens is 1. The molecule has 94 valence electrons. The molecule has 0 unspecified atom stereocenters. The number of ether oxygens (including phenoxy) is 1. The van der Waals surface area contributed by atoms with Crippen LogP contribution in [0.5, 0.6) is 11.6 Å². The van der Waals surface area contributed by atoms with E-state index in [1.807, 2.05) is 0 Å². The number of aryl methyl sites for hydroxylation is 1. The number of pyridine rings is 1. The summed E-state index contributed by atoms with van der Waals surface area (Å²) < 4.78 is 31.3. The van der Waals surface area contributed by atoms with Gasteiger partial charge in [0.15, 0.2) is 0 Å². The third-order valence-electron chi connectivity index (χ3n) is 2.32. The van der Waals surface area contributed by atoms with Crippen molar-refractivity contribution in [2.75, 3.05) is 0 Å². The highest BCUT2D eigenvalue weighted by molar-refractivity contribution is 5.34. The Kier molecular flexibility index (Phi) is 3.53. The maximum absolute atomic E-state index is 13.0. The zero-order valence-corrected chi connectivity index (χ0v) is 9.65. The molecule has 1 aromatic heterocycles. The first-order valence-electron chi connectivity index (χ1n) is 5.29. The maximum atomic E-state index is 13.0. The van der Waals surface area contributed by atoms with Crippen LogP contribution in [0.15, 0.2) is 30.5 Å². The molecule has 0 saturated carbocycles. The van der Waals surface area contributed by atoms with Crippen molar-refractivity contribution in [3.05, 3.63) is 53.2 Å². The van der Waals surface area contributed by atoms with Gasteiger partial charge < -0.3 is 9.84 Å². The second kappa shape index (κ2) is 5.10. The molecule has 1 aromatic carbocycles. The largest absolute Gasteiger partial charge is 0.439 e. The van der Waals surface area contributed by atoms with Gasteiger partial charge in [-0.25, -0.2) is 13.8 Å². The molecule has 3 nitrogen and oxygen atoms in total. The van der Waals surface area contributed by atoms with Gasteiger partial charge in [0, 0.05) is 30.0 Å². The zero-order valence-electron chi connectivity index (χ0n) is 9.65. The van der Waals surface area contributed by atoms with Gasteiger partial charge in [0.1, 0.15) is 17.4 Å². The molecule has 0 atom stereocenters. The van der Waals surface area contributed by atoms with Gasteiger partial charge in [0.05, 0.1) is 6.61 Å². The standard InChI is InChI=1S/C13H11F2NO2/c1-8-2-9(7-17)6-16-13(8)18-12-4-10(14)3-11(15)5-12/h2-6,17H,7H2,1H3. The van der Waals surface area contributed by atoms with Gasteiger partial charge in [-0.05, 0) is 18.6 Å².